The first-order chi connectivity index (χ1) is 12.7. The fraction of sp³-hybridized carbons (Fsp3) is 0.400. The van der Waals surface area contributed by atoms with Crippen molar-refractivity contribution in [1.29, 1.82) is 0 Å². The quantitative estimate of drug-likeness (QED) is 0.368. The van der Waals surface area contributed by atoms with E-state index in [0.29, 0.717) is 0 Å². The fourth-order valence-corrected chi connectivity index (χ4v) is 6.29. The highest BCUT2D eigenvalue weighted by atomic mass is 32.2. The van der Waals surface area contributed by atoms with Crippen molar-refractivity contribution in [2.75, 3.05) is 32.8 Å². The molecule has 3 rings (SSSR count). The second-order valence-electron chi connectivity index (χ2n) is 6.20. The summed E-state index contributed by atoms with van der Waals surface area (Å²) in [5.41, 5.74) is 2.64. The first-order valence-electron chi connectivity index (χ1n) is 8.94. The average Bonchev–Trinajstić information content (AvgIpc) is 3.02. The number of benzene rings is 2. The average molecular weight is 390 g/mol. The molecule has 3 aromatic rings. The Bertz CT molecular complexity index is 786. The Balaban J connectivity index is 1.59. The van der Waals surface area contributed by atoms with E-state index in [9.17, 15) is 0 Å². The summed E-state index contributed by atoms with van der Waals surface area (Å²) in [4.78, 5) is 0. The van der Waals surface area contributed by atoms with E-state index in [-0.39, 0.29) is 0 Å². The molecule has 4 nitrogen and oxygen atoms in total. The minimum Gasteiger partial charge on any atom is -0.377 e. The molecule has 0 unspecified atom stereocenters. The van der Waals surface area contributed by atoms with Crippen molar-refractivity contribution in [1.82, 2.24) is 4.57 Å². The lowest BCUT2D eigenvalue weighted by atomic mass is 10.2. The van der Waals surface area contributed by atoms with Gasteiger partial charge in [0.05, 0.1) is 0 Å². The van der Waals surface area contributed by atoms with E-state index in [4.69, 9.17) is 13.3 Å². The van der Waals surface area contributed by atoms with Gasteiger partial charge < -0.3 is 17.8 Å². The highest BCUT2D eigenvalue weighted by Gasteiger charge is 2.36. The molecule has 0 radical (unpaired) electrons. The van der Waals surface area contributed by atoms with E-state index in [0.717, 1.165) is 30.5 Å². The third-order valence-electron chi connectivity index (χ3n) is 4.84. The third kappa shape index (κ3) is 3.99. The fourth-order valence-electron chi connectivity index (χ4n) is 3.45. The molecule has 0 spiro atoms. The van der Waals surface area contributed by atoms with E-state index in [1.54, 1.807) is 21.3 Å². The summed E-state index contributed by atoms with van der Waals surface area (Å²) in [5.74, 6) is 2.17. The van der Waals surface area contributed by atoms with Crippen LogP contribution in [0.4, 0.5) is 0 Å². The van der Waals surface area contributed by atoms with E-state index >= 15 is 0 Å². The van der Waals surface area contributed by atoms with Gasteiger partial charge in [0.2, 0.25) is 0 Å². The Morgan fingerprint density at radius 3 is 1.88 bits per heavy atom. The second-order valence-corrected chi connectivity index (χ2v) is 10.5. The van der Waals surface area contributed by atoms with Gasteiger partial charge >= 0.3 is 8.80 Å². The predicted octanol–water partition coefficient (Wildman–Crippen LogP) is 4.80. The first kappa shape index (κ1) is 19.4. The Morgan fingerprint density at radius 1 is 0.808 bits per heavy atom. The molecule has 1 aromatic heterocycles. The number of para-hydroxylation sites is 2. The monoisotopic (exact) mass is 389 g/mol. The van der Waals surface area contributed by atoms with Crippen LogP contribution in [-0.4, -0.2) is 46.2 Å². The van der Waals surface area contributed by atoms with Crippen molar-refractivity contribution < 1.29 is 13.3 Å². The minimum absolute atomic E-state index is 0.860. The van der Waals surface area contributed by atoms with Gasteiger partial charge in [-0.2, -0.15) is 11.8 Å². The maximum atomic E-state index is 5.48. The van der Waals surface area contributed by atoms with Crippen molar-refractivity contribution in [3.8, 4) is 0 Å². The molecule has 0 saturated heterocycles. The maximum Gasteiger partial charge on any atom is 0.500 e. The van der Waals surface area contributed by atoms with Crippen molar-refractivity contribution in [2.24, 2.45) is 0 Å². The molecule has 6 heteroatoms. The molecule has 0 aliphatic carbocycles. The SMILES string of the molecule is CO[Si](CCCSCCn1c2ccccc2c2ccccc21)(OC)OC. The summed E-state index contributed by atoms with van der Waals surface area (Å²) in [7, 11) is 2.60. The van der Waals surface area contributed by atoms with Crippen LogP contribution in [0.15, 0.2) is 48.5 Å². The van der Waals surface area contributed by atoms with Gasteiger partial charge in [-0.3, -0.25) is 0 Å². The van der Waals surface area contributed by atoms with Gasteiger partial charge in [0.15, 0.2) is 0 Å². The largest absolute Gasteiger partial charge is 0.500 e. The number of hydrogen-bond donors (Lipinski definition) is 0. The third-order valence-corrected chi connectivity index (χ3v) is 8.72. The molecule has 0 atom stereocenters. The topological polar surface area (TPSA) is 32.6 Å². The van der Waals surface area contributed by atoms with E-state index < -0.39 is 8.80 Å². The number of thioether (sulfide) groups is 1. The van der Waals surface area contributed by atoms with Gasteiger partial charge in [-0.05, 0) is 24.3 Å². The lowest BCUT2D eigenvalue weighted by Gasteiger charge is -2.24. The molecule has 0 aliphatic heterocycles. The van der Waals surface area contributed by atoms with Gasteiger partial charge in [-0.15, -0.1) is 0 Å². The molecular formula is C20H27NO3SSi. The molecule has 0 saturated carbocycles. The van der Waals surface area contributed by atoms with Crippen molar-refractivity contribution in [3.05, 3.63) is 48.5 Å². The zero-order valence-electron chi connectivity index (χ0n) is 15.7. The first-order valence-corrected chi connectivity index (χ1v) is 12.0. The number of nitrogens with zero attached hydrogens (tertiary/aromatic N) is 1. The van der Waals surface area contributed by atoms with Gasteiger partial charge in [0.25, 0.3) is 0 Å². The zero-order valence-corrected chi connectivity index (χ0v) is 17.6. The van der Waals surface area contributed by atoms with Crippen LogP contribution in [0.1, 0.15) is 6.42 Å². The predicted molar refractivity (Wildman–Crippen MR) is 113 cm³/mol. The van der Waals surface area contributed by atoms with Crippen LogP contribution in [0, 0.1) is 0 Å². The minimum atomic E-state index is -2.42. The summed E-state index contributed by atoms with van der Waals surface area (Å²) in [5, 5.41) is 2.67. The van der Waals surface area contributed by atoms with Gasteiger partial charge in [-0.25, -0.2) is 0 Å². The number of aromatic nitrogens is 1. The van der Waals surface area contributed by atoms with Crippen LogP contribution < -0.4 is 0 Å². The van der Waals surface area contributed by atoms with E-state index in [1.807, 2.05) is 11.8 Å². The van der Waals surface area contributed by atoms with E-state index in [2.05, 4.69) is 53.1 Å². The molecule has 0 N–H and O–H groups in total. The van der Waals surface area contributed by atoms with Gasteiger partial charge in [0, 0.05) is 61.5 Å². The van der Waals surface area contributed by atoms with E-state index in [1.165, 1.54) is 21.8 Å². The number of fused-ring (bicyclic) bond motifs is 3. The summed E-state index contributed by atoms with van der Waals surface area (Å²) in [6, 6.07) is 18.2. The maximum absolute atomic E-state index is 5.48. The Kier molecular flexibility index (Phi) is 6.78. The number of hydrogen-bond acceptors (Lipinski definition) is 4. The summed E-state index contributed by atoms with van der Waals surface area (Å²) in [6.45, 7) is 1.01. The smallest absolute Gasteiger partial charge is 0.377 e. The van der Waals surface area contributed by atoms with Crippen LogP contribution >= 0.6 is 11.8 Å². The van der Waals surface area contributed by atoms with Gasteiger partial charge in [-0.1, -0.05) is 36.4 Å². The molecule has 0 amide bonds. The molecular weight excluding hydrogens is 362 g/mol. The highest BCUT2D eigenvalue weighted by Crippen LogP contribution is 2.29. The lowest BCUT2D eigenvalue weighted by Crippen LogP contribution is -2.42. The summed E-state index contributed by atoms with van der Waals surface area (Å²) >= 11 is 1.98. The standard InChI is InChI=1S/C20H27NO3SSi/c1-22-26(23-2,24-3)16-8-14-25-15-13-21-19-11-6-4-9-17(19)18-10-5-7-12-20(18)21/h4-7,9-12H,8,13-16H2,1-3H3. The molecule has 0 fully saturated rings. The molecule has 1 heterocycles. The number of rotatable bonds is 10. The Morgan fingerprint density at radius 2 is 1.35 bits per heavy atom. The normalized spacial score (nSPS) is 12.3. The van der Waals surface area contributed by atoms with Crippen LogP contribution in [0.3, 0.4) is 0 Å². The molecule has 0 bridgehead atoms. The summed E-state index contributed by atoms with van der Waals surface area (Å²) in [6.07, 6.45) is 1.04. The van der Waals surface area contributed by atoms with Crippen LogP contribution in [0.5, 0.6) is 0 Å². The van der Waals surface area contributed by atoms with Crippen LogP contribution in [0.25, 0.3) is 21.8 Å². The molecule has 140 valence electrons. The molecule has 2 aromatic carbocycles. The number of aryl methyl sites for hydroxylation is 1. The Hall–Kier alpha value is -1.31. The lowest BCUT2D eigenvalue weighted by molar-refractivity contribution is 0.123. The van der Waals surface area contributed by atoms with Crippen molar-refractivity contribution in [2.45, 2.75) is 19.0 Å². The van der Waals surface area contributed by atoms with Crippen LogP contribution in [-0.2, 0) is 19.8 Å². The highest BCUT2D eigenvalue weighted by molar-refractivity contribution is 7.99. The molecule has 0 aliphatic rings. The zero-order chi connectivity index (χ0) is 18.4. The van der Waals surface area contributed by atoms with Crippen molar-refractivity contribution >= 4 is 42.4 Å². The molecule has 26 heavy (non-hydrogen) atoms. The second kappa shape index (κ2) is 9.06. The van der Waals surface area contributed by atoms with Gasteiger partial charge in [0.1, 0.15) is 0 Å². The van der Waals surface area contributed by atoms with Crippen molar-refractivity contribution in [3.63, 3.8) is 0 Å². The Labute approximate surface area is 160 Å². The summed E-state index contributed by atoms with van der Waals surface area (Å²) < 4.78 is 18.9. The van der Waals surface area contributed by atoms with Crippen LogP contribution in [0.2, 0.25) is 6.04 Å².